The summed E-state index contributed by atoms with van der Waals surface area (Å²) in [5.41, 5.74) is 1.25. The zero-order valence-corrected chi connectivity index (χ0v) is 11.1. The first kappa shape index (κ1) is 14.2. The predicted octanol–water partition coefficient (Wildman–Crippen LogP) is 2.20. The fraction of sp³-hybridized carbons (Fsp3) is 0.769. The van der Waals surface area contributed by atoms with Gasteiger partial charge in [-0.2, -0.15) is 5.10 Å². The van der Waals surface area contributed by atoms with Gasteiger partial charge in [0, 0.05) is 38.5 Å². The van der Waals surface area contributed by atoms with Gasteiger partial charge in [0.1, 0.15) is 0 Å². The minimum atomic E-state index is 0.755. The fourth-order valence-electron chi connectivity index (χ4n) is 1.73. The van der Waals surface area contributed by atoms with Gasteiger partial charge in [0.15, 0.2) is 0 Å². The van der Waals surface area contributed by atoms with Crippen molar-refractivity contribution >= 4 is 0 Å². The Morgan fingerprint density at radius 1 is 1.35 bits per heavy atom. The normalized spacial score (nSPS) is 10.9. The number of unbranched alkanes of at least 4 members (excludes halogenated alkanes) is 3. The Bertz CT molecular complexity index is 259. The van der Waals surface area contributed by atoms with E-state index in [2.05, 4.69) is 23.5 Å². The highest BCUT2D eigenvalue weighted by molar-refractivity contribution is 5.03. The van der Waals surface area contributed by atoms with Crippen LogP contribution in [0.15, 0.2) is 12.4 Å². The summed E-state index contributed by atoms with van der Waals surface area (Å²) in [6.45, 7) is 5.79. The molecule has 0 unspecified atom stereocenters. The van der Waals surface area contributed by atoms with E-state index in [0.29, 0.717) is 0 Å². The highest BCUT2D eigenvalue weighted by Gasteiger charge is 1.98. The molecule has 0 spiro atoms. The molecule has 4 heteroatoms. The number of nitrogens with one attached hydrogen (secondary N) is 1. The summed E-state index contributed by atoms with van der Waals surface area (Å²) >= 11 is 0. The molecule has 0 bridgehead atoms. The zero-order valence-electron chi connectivity index (χ0n) is 11.1. The van der Waals surface area contributed by atoms with Crippen molar-refractivity contribution in [2.24, 2.45) is 0 Å². The van der Waals surface area contributed by atoms with Crippen LogP contribution >= 0.6 is 0 Å². The Kier molecular flexibility index (Phi) is 7.67. The Morgan fingerprint density at radius 2 is 2.24 bits per heavy atom. The first-order chi connectivity index (χ1) is 8.36. The Labute approximate surface area is 104 Å². The van der Waals surface area contributed by atoms with Gasteiger partial charge in [-0.25, -0.2) is 0 Å². The third-order valence-corrected chi connectivity index (χ3v) is 2.74. The summed E-state index contributed by atoms with van der Waals surface area (Å²) in [5, 5.41) is 7.67. The van der Waals surface area contributed by atoms with Crippen LogP contribution in [0.2, 0.25) is 0 Å². The number of hydrogen-bond acceptors (Lipinski definition) is 3. The lowest BCUT2D eigenvalue weighted by Gasteiger charge is -2.01. The molecule has 1 aromatic heterocycles. The lowest BCUT2D eigenvalue weighted by Crippen LogP contribution is -2.18. The fourth-order valence-corrected chi connectivity index (χ4v) is 1.73. The van der Waals surface area contributed by atoms with E-state index in [0.717, 1.165) is 26.2 Å². The minimum absolute atomic E-state index is 0.755. The Balaban J connectivity index is 2.14. The second kappa shape index (κ2) is 9.19. The van der Waals surface area contributed by atoms with Crippen LogP contribution in [0.5, 0.6) is 0 Å². The largest absolute Gasteiger partial charge is 0.383 e. The molecule has 0 saturated carbocycles. The zero-order chi connectivity index (χ0) is 12.3. The second-order valence-corrected chi connectivity index (χ2v) is 4.34. The maximum atomic E-state index is 4.98. The molecule has 0 atom stereocenters. The Hall–Kier alpha value is -0.870. The van der Waals surface area contributed by atoms with Crippen LogP contribution in [-0.2, 0) is 17.8 Å². The number of hydrogen-bond donors (Lipinski definition) is 1. The maximum Gasteiger partial charge on any atom is 0.0587 e. The molecule has 1 aromatic rings. The van der Waals surface area contributed by atoms with E-state index < -0.39 is 0 Å². The molecule has 0 radical (unpaired) electrons. The molecule has 1 rings (SSSR count). The smallest absolute Gasteiger partial charge is 0.0587 e. The summed E-state index contributed by atoms with van der Waals surface area (Å²) in [6.07, 6.45) is 9.22. The second-order valence-electron chi connectivity index (χ2n) is 4.34. The predicted molar refractivity (Wildman–Crippen MR) is 70.0 cm³/mol. The number of aromatic nitrogens is 2. The molecule has 1 N–H and O–H groups in total. The summed E-state index contributed by atoms with van der Waals surface area (Å²) < 4.78 is 7.02. The first-order valence-corrected chi connectivity index (χ1v) is 6.57. The molecular formula is C13H25N3O. The van der Waals surface area contributed by atoms with Crippen molar-refractivity contribution in [2.75, 3.05) is 20.3 Å². The van der Waals surface area contributed by atoms with Crippen molar-refractivity contribution in [1.29, 1.82) is 0 Å². The van der Waals surface area contributed by atoms with Crippen molar-refractivity contribution < 1.29 is 4.74 Å². The third kappa shape index (κ3) is 6.44. The van der Waals surface area contributed by atoms with E-state index in [-0.39, 0.29) is 0 Å². The highest BCUT2D eigenvalue weighted by Crippen LogP contribution is 2.03. The molecule has 0 aliphatic heterocycles. The topological polar surface area (TPSA) is 39.1 Å². The molecule has 0 amide bonds. The molecule has 0 fully saturated rings. The van der Waals surface area contributed by atoms with Gasteiger partial charge in [0.25, 0.3) is 0 Å². The van der Waals surface area contributed by atoms with E-state index in [4.69, 9.17) is 4.74 Å². The minimum Gasteiger partial charge on any atom is -0.383 e. The van der Waals surface area contributed by atoms with Gasteiger partial charge in [-0.15, -0.1) is 0 Å². The van der Waals surface area contributed by atoms with Crippen LogP contribution in [0.3, 0.4) is 0 Å². The van der Waals surface area contributed by atoms with Crippen molar-refractivity contribution in [3.63, 3.8) is 0 Å². The van der Waals surface area contributed by atoms with E-state index >= 15 is 0 Å². The molecule has 98 valence electrons. The molecule has 17 heavy (non-hydrogen) atoms. The number of ether oxygens (including phenoxy) is 1. The quantitative estimate of drug-likeness (QED) is 0.636. The molecule has 0 saturated heterocycles. The summed E-state index contributed by atoms with van der Waals surface area (Å²) in [5.74, 6) is 0. The van der Waals surface area contributed by atoms with Crippen molar-refractivity contribution in [3.8, 4) is 0 Å². The lowest BCUT2D eigenvalue weighted by atomic mass is 10.2. The summed E-state index contributed by atoms with van der Waals surface area (Å²) in [4.78, 5) is 0. The molecule has 4 nitrogen and oxygen atoms in total. The van der Waals surface area contributed by atoms with Crippen LogP contribution in [0.1, 0.15) is 38.2 Å². The Morgan fingerprint density at radius 3 is 3.00 bits per heavy atom. The molecule has 1 heterocycles. The van der Waals surface area contributed by atoms with E-state index in [1.54, 1.807) is 7.11 Å². The van der Waals surface area contributed by atoms with Gasteiger partial charge in [-0.05, 0) is 6.42 Å². The number of methoxy groups -OCH3 is 1. The number of rotatable bonds is 10. The van der Waals surface area contributed by atoms with Gasteiger partial charge < -0.3 is 10.1 Å². The summed E-state index contributed by atoms with van der Waals surface area (Å²) in [7, 11) is 1.72. The SMILES string of the molecule is CCCCCCn1cc(CNCCOC)cn1. The average Bonchev–Trinajstić information content (AvgIpc) is 2.78. The van der Waals surface area contributed by atoms with E-state index in [1.807, 2.05) is 10.9 Å². The van der Waals surface area contributed by atoms with Crippen LogP contribution in [-0.4, -0.2) is 30.0 Å². The molecule has 0 aliphatic carbocycles. The molecule has 0 aromatic carbocycles. The number of nitrogens with zero attached hydrogens (tertiary/aromatic N) is 2. The van der Waals surface area contributed by atoms with Crippen molar-refractivity contribution in [2.45, 2.75) is 45.7 Å². The molecule has 0 aliphatic rings. The van der Waals surface area contributed by atoms with Crippen molar-refractivity contribution in [1.82, 2.24) is 15.1 Å². The van der Waals surface area contributed by atoms with Gasteiger partial charge >= 0.3 is 0 Å². The van der Waals surface area contributed by atoms with Crippen molar-refractivity contribution in [3.05, 3.63) is 18.0 Å². The van der Waals surface area contributed by atoms with Crippen LogP contribution < -0.4 is 5.32 Å². The van der Waals surface area contributed by atoms with Gasteiger partial charge in [-0.3, -0.25) is 4.68 Å². The van der Waals surface area contributed by atoms with Gasteiger partial charge in [0.2, 0.25) is 0 Å². The monoisotopic (exact) mass is 239 g/mol. The number of aryl methyl sites for hydroxylation is 1. The highest BCUT2D eigenvalue weighted by atomic mass is 16.5. The van der Waals surface area contributed by atoms with Crippen LogP contribution in [0.4, 0.5) is 0 Å². The van der Waals surface area contributed by atoms with Gasteiger partial charge in [-0.1, -0.05) is 26.2 Å². The van der Waals surface area contributed by atoms with E-state index in [1.165, 1.54) is 31.2 Å². The summed E-state index contributed by atoms with van der Waals surface area (Å²) in [6, 6.07) is 0. The lowest BCUT2D eigenvalue weighted by molar-refractivity contribution is 0.199. The first-order valence-electron chi connectivity index (χ1n) is 6.57. The standard InChI is InChI=1S/C13H25N3O/c1-3-4-5-6-8-16-12-13(11-15-16)10-14-7-9-17-2/h11-12,14H,3-10H2,1-2H3. The average molecular weight is 239 g/mol. The van der Waals surface area contributed by atoms with Gasteiger partial charge in [0.05, 0.1) is 12.8 Å². The van der Waals surface area contributed by atoms with Crippen LogP contribution in [0, 0.1) is 0 Å². The van der Waals surface area contributed by atoms with E-state index in [9.17, 15) is 0 Å². The third-order valence-electron chi connectivity index (χ3n) is 2.74. The van der Waals surface area contributed by atoms with Crippen LogP contribution in [0.25, 0.3) is 0 Å². The molecular weight excluding hydrogens is 214 g/mol. The maximum absolute atomic E-state index is 4.98.